The average Bonchev–Trinajstić information content (AvgIpc) is 1.78. The van der Waals surface area contributed by atoms with Crippen LogP contribution in [0.25, 0.3) is 0 Å². The average molecular weight is 1350 g/mol. The third kappa shape index (κ3) is 31.4. The largest absolute Gasteiger partial charge is 0.481 e. The standard InChI is InChI=1S/C60H104N16O19/c1-11-33(10)48(75-50(85)35(19-20-43(78)79)68-52(87)38(26-44(80)81)71-56(91)47(32(8)9)73-49(84)34(62)16-14-22-65-60(63)64)57(92)69-36(17-12-13-21-61)58(93)76-23-15-18-41(76)54(89)70-39(27-45(82)83)53(88)74-46(31(6)7)55(90)66-28-42(77)67-37(24-29(2)3)51(86)72-40(59(94)95)25-30(4)5/h29-41,46-48H,11-28,61-62H2,1-10H3,(H,66,90)(H,67,77)(H,68,87)(H,69,92)(H,70,89)(H,71,91)(H,72,86)(H,73,84)(H,74,88)(H,75,85)(H,78,79)(H,80,81)(H,82,83)(H,94,95)(H4,63,64,65)/t33-,34-,35-,36-,37-,38-,39-,40-,41+,46-,47-,48-/m0/s1. The molecule has 1 rings (SSSR count). The first-order chi connectivity index (χ1) is 44.3. The molecule has 0 saturated carbocycles. The molecule has 0 spiro atoms. The molecular formula is C60H104N16O19. The summed E-state index contributed by atoms with van der Waals surface area (Å²) in [6, 6.07) is -16.2. The number of carbonyl (C=O) groups is 15. The fourth-order valence-electron chi connectivity index (χ4n) is 10.0. The number of carboxylic acid groups (broad SMARTS) is 4. The Morgan fingerprint density at radius 3 is 1.53 bits per heavy atom. The quantitative estimate of drug-likeness (QED) is 0.0159. The van der Waals surface area contributed by atoms with Gasteiger partial charge in [-0.25, -0.2) is 4.79 Å². The van der Waals surface area contributed by atoms with Crippen molar-refractivity contribution in [3.8, 4) is 0 Å². The van der Waals surface area contributed by atoms with Gasteiger partial charge in [-0.3, -0.25) is 72.1 Å². The Hall–Kier alpha value is -8.76. The lowest BCUT2D eigenvalue weighted by Gasteiger charge is -2.32. The molecule has 0 aromatic heterocycles. The summed E-state index contributed by atoms with van der Waals surface area (Å²) in [7, 11) is 0. The minimum Gasteiger partial charge on any atom is -0.481 e. The van der Waals surface area contributed by atoms with E-state index in [0.717, 1.165) is 4.90 Å². The molecule has 1 fully saturated rings. The second-order valence-electron chi connectivity index (χ2n) is 25.2. The molecule has 95 heavy (non-hydrogen) atoms. The van der Waals surface area contributed by atoms with E-state index in [0.29, 0.717) is 12.8 Å². The number of carboxylic acids is 4. The van der Waals surface area contributed by atoms with Crippen LogP contribution in [0.3, 0.4) is 0 Å². The van der Waals surface area contributed by atoms with Crippen molar-refractivity contribution in [1.82, 2.24) is 58.1 Å². The Kier molecular flexibility index (Phi) is 37.7. The van der Waals surface area contributed by atoms with Gasteiger partial charge in [-0.1, -0.05) is 75.7 Å². The molecule has 0 aromatic rings. The molecule has 0 aliphatic carbocycles. The Morgan fingerprint density at radius 2 is 1.00 bits per heavy atom. The van der Waals surface area contributed by atoms with Crippen LogP contribution in [0, 0.1) is 29.6 Å². The minimum absolute atomic E-state index is 0.00145. The second kappa shape index (κ2) is 42.5. The van der Waals surface area contributed by atoms with Crippen molar-refractivity contribution in [1.29, 1.82) is 0 Å². The Balaban J connectivity index is 3.47. The van der Waals surface area contributed by atoms with E-state index in [2.05, 4.69) is 58.2 Å². The summed E-state index contributed by atoms with van der Waals surface area (Å²) >= 11 is 0. The van der Waals surface area contributed by atoms with Crippen LogP contribution >= 0.6 is 0 Å². The molecule has 22 N–H and O–H groups in total. The highest BCUT2D eigenvalue weighted by molar-refractivity contribution is 6.00. The Labute approximate surface area is 552 Å². The van der Waals surface area contributed by atoms with Gasteiger partial charge in [-0.15, -0.1) is 0 Å². The zero-order valence-corrected chi connectivity index (χ0v) is 56.1. The predicted octanol–water partition coefficient (Wildman–Crippen LogP) is -3.68. The maximum Gasteiger partial charge on any atom is 0.326 e. The van der Waals surface area contributed by atoms with Gasteiger partial charge < -0.3 is 101 Å². The van der Waals surface area contributed by atoms with Gasteiger partial charge in [0.1, 0.15) is 60.4 Å². The zero-order chi connectivity index (χ0) is 72.6. The van der Waals surface area contributed by atoms with Crippen molar-refractivity contribution in [2.45, 2.75) is 226 Å². The number of aliphatic carboxylic acids is 4. The monoisotopic (exact) mass is 1350 g/mol. The van der Waals surface area contributed by atoms with E-state index in [1.54, 1.807) is 55.4 Å². The number of carbonyl (C=O) groups excluding carboxylic acids is 11. The molecule has 1 aliphatic rings. The number of guanidine groups is 1. The lowest BCUT2D eigenvalue weighted by molar-refractivity contribution is -0.144. The van der Waals surface area contributed by atoms with Crippen LogP contribution in [0.4, 0.5) is 0 Å². The minimum atomic E-state index is -1.92. The summed E-state index contributed by atoms with van der Waals surface area (Å²) in [6.45, 7) is 16.0. The summed E-state index contributed by atoms with van der Waals surface area (Å²) in [4.78, 5) is 205. The lowest BCUT2D eigenvalue weighted by atomic mass is 9.96. The first kappa shape index (κ1) is 84.3. The molecule has 0 bridgehead atoms. The molecule has 1 heterocycles. The Morgan fingerprint density at radius 1 is 0.516 bits per heavy atom. The molecule has 35 nitrogen and oxygen atoms in total. The van der Waals surface area contributed by atoms with E-state index in [9.17, 15) is 92.3 Å². The van der Waals surface area contributed by atoms with Crippen molar-refractivity contribution < 1.29 is 92.3 Å². The highest BCUT2D eigenvalue weighted by atomic mass is 16.4. The normalized spacial score (nSPS) is 16.3. The van der Waals surface area contributed by atoms with E-state index in [4.69, 9.17) is 22.9 Å². The van der Waals surface area contributed by atoms with Crippen molar-refractivity contribution in [3.05, 3.63) is 0 Å². The highest BCUT2D eigenvalue weighted by Gasteiger charge is 2.42. The predicted molar refractivity (Wildman–Crippen MR) is 343 cm³/mol. The van der Waals surface area contributed by atoms with Crippen molar-refractivity contribution in [2.75, 3.05) is 26.2 Å². The summed E-state index contributed by atoms with van der Waals surface area (Å²) < 4.78 is 0. The summed E-state index contributed by atoms with van der Waals surface area (Å²) in [5, 5.41) is 63.4. The third-order valence-electron chi connectivity index (χ3n) is 15.4. The highest BCUT2D eigenvalue weighted by Crippen LogP contribution is 2.22. The van der Waals surface area contributed by atoms with Gasteiger partial charge in [0.05, 0.1) is 25.4 Å². The van der Waals surface area contributed by atoms with Crippen molar-refractivity contribution >= 4 is 94.8 Å². The summed E-state index contributed by atoms with van der Waals surface area (Å²) in [6.07, 6.45) is -1.85. The van der Waals surface area contributed by atoms with E-state index in [-0.39, 0.29) is 88.8 Å². The zero-order valence-electron chi connectivity index (χ0n) is 56.1. The second-order valence-corrected chi connectivity index (χ2v) is 25.2. The van der Waals surface area contributed by atoms with Gasteiger partial charge >= 0.3 is 23.9 Å². The van der Waals surface area contributed by atoms with Gasteiger partial charge in [0.15, 0.2) is 5.96 Å². The first-order valence-corrected chi connectivity index (χ1v) is 32.0. The van der Waals surface area contributed by atoms with Gasteiger partial charge in [0.2, 0.25) is 65.0 Å². The number of rotatable bonds is 45. The van der Waals surface area contributed by atoms with Gasteiger partial charge in [-0.05, 0) is 100 Å². The van der Waals surface area contributed by atoms with Crippen LogP contribution in [-0.4, -0.2) is 213 Å². The number of nitrogens with two attached hydrogens (primary N) is 4. The van der Waals surface area contributed by atoms with Gasteiger partial charge in [0.25, 0.3) is 0 Å². The number of unbranched alkanes of at least 4 members (excludes halogenated alkanes) is 1. The van der Waals surface area contributed by atoms with E-state index >= 15 is 0 Å². The maximum atomic E-state index is 14.7. The van der Waals surface area contributed by atoms with Crippen LogP contribution in [0.1, 0.15) is 159 Å². The Bertz CT molecular complexity index is 2690. The maximum absolute atomic E-state index is 14.7. The number of hydrogen-bond donors (Lipinski definition) is 18. The molecule has 11 amide bonds. The molecule has 1 saturated heterocycles. The smallest absolute Gasteiger partial charge is 0.326 e. The molecule has 35 heteroatoms. The van der Waals surface area contributed by atoms with Crippen LogP contribution in [-0.2, 0) is 71.9 Å². The van der Waals surface area contributed by atoms with Crippen LogP contribution in [0.15, 0.2) is 4.99 Å². The molecule has 0 radical (unpaired) electrons. The van der Waals surface area contributed by atoms with Crippen LogP contribution < -0.4 is 76.1 Å². The summed E-state index contributed by atoms with van der Waals surface area (Å²) in [5.74, 6) is -18.8. The van der Waals surface area contributed by atoms with E-state index < -0.39 is 205 Å². The number of aliphatic imine (C=N–C) groups is 1. The first-order valence-electron chi connectivity index (χ1n) is 32.0. The van der Waals surface area contributed by atoms with E-state index in [1.165, 1.54) is 13.8 Å². The fourth-order valence-corrected chi connectivity index (χ4v) is 10.0. The van der Waals surface area contributed by atoms with E-state index in [1.807, 2.05) is 0 Å². The van der Waals surface area contributed by atoms with Gasteiger partial charge in [-0.2, -0.15) is 0 Å². The number of hydrogen-bond acceptors (Lipinski definition) is 18. The number of nitrogens with one attached hydrogen (secondary N) is 10. The molecule has 538 valence electrons. The number of likely N-dealkylation sites (tertiary alicyclic amines) is 1. The SMILES string of the molecule is CC[C@H](C)[C@H](NC(=O)[C@H](CCC(=O)O)NC(=O)[C@H](CC(=O)O)NC(=O)[C@@H](NC(=O)[C@@H](N)CCCN=C(N)N)C(C)C)C(=O)N[C@@H](CCCCN)C(=O)N1CCC[C@@H]1C(=O)N[C@@H](CC(=O)O)C(=O)N[C@H](C(=O)NCC(=O)N[C@@H](CC(C)C)C(=O)N[C@@H](CC(C)C)C(=O)O)C(C)C. The number of nitrogens with zero attached hydrogens (tertiary/aromatic N) is 2. The van der Waals surface area contributed by atoms with Gasteiger partial charge in [0, 0.05) is 19.5 Å². The topological polar surface area (TPSA) is 577 Å². The molecule has 0 unspecified atom stereocenters. The van der Waals surface area contributed by atoms with Crippen molar-refractivity contribution in [2.24, 2.45) is 57.5 Å². The molecule has 1 aliphatic heterocycles. The van der Waals surface area contributed by atoms with Crippen molar-refractivity contribution in [3.63, 3.8) is 0 Å². The lowest BCUT2D eigenvalue weighted by Crippen LogP contribution is -2.61. The van der Waals surface area contributed by atoms with Crippen LogP contribution in [0.5, 0.6) is 0 Å². The third-order valence-corrected chi connectivity index (χ3v) is 15.4. The molecule has 12 atom stereocenters. The summed E-state index contributed by atoms with van der Waals surface area (Å²) in [5.41, 5.74) is 22.5. The fraction of sp³-hybridized carbons (Fsp3) is 0.733. The van der Waals surface area contributed by atoms with Crippen LogP contribution in [0.2, 0.25) is 0 Å². The molecular weight excluding hydrogens is 1250 g/mol. The number of amides is 11. The molecule has 0 aromatic carbocycles.